The van der Waals surface area contributed by atoms with Crippen molar-refractivity contribution in [1.82, 2.24) is 0 Å². The second-order valence-electron chi connectivity index (χ2n) is 2.53. The van der Waals surface area contributed by atoms with Gasteiger partial charge in [-0.3, -0.25) is 4.79 Å². The lowest BCUT2D eigenvalue weighted by Gasteiger charge is -2.09. The molecular weight excluding hydrogens is 380 g/mol. The first-order valence-corrected chi connectivity index (χ1v) is 6.43. The van der Waals surface area contributed by atoms with Crippen molar-refractivity contribution < 1.29 is 9.53 Å². The van der Waals surface area contributed by atoms with E-state index < -0.39 is 0 Å². The highest BCUT2D eigenvalue weighted by molar-refractivity contribution is 9.11. The molecule has 0 bridgehead atoms. The molecule has 76 valence electrons. The minimum Gasteiger partial charge on any atom is -0.495 e. The third kappa shape index (κ3) is 2.58. The summed E-state index contributed by atoms with van der Waals surface area (Å²) < 4.78 is 6.75. The van der Waals surface area contributed by atoms with Gasteiger partial charge in [-0.1, -0.05) is 31.9 Å². The van der Waals surface area contributed by atoms with Gasteiger partial charge in [-0.15, -0.1) is 0 Å². The highest BCUT2D eigenvalue weighted by Gasteiger charge is 2.14. The minimum atomic E-state index is -0.0103. The molecule has 0 amide bonds. The summed E-state index contributed by atoms with van der Waals surface area (Å²) in [5.74, 6) is 0.557. The number of alkyl halides is 1. The maximum absolute atomic E-state index is 11.5. The molecule has 0 heterocycles. The van der Waals surface area contributed by atoms with Gasteiger partial charge in [0.05, 0.1) is 22.5 Å². The monoisotopic (exact) mass is 384 g/mol. The predicted molar refractivity (Wildman–Crippen MR) is 66.5 cm³/mol. The Morgan fingerprint density at radius 2 is 2.07 bits per heavy atom. The molecule has 1 aromatic carbocycles. The third-order valence-corrected chi connectivity index (χ3v) is 3.19. The second-order valence-corrected chi connectivity index (χ2v) is 4.86. The van der Waals surface area contributed by atoms with Crippen molar-refractivity contribution in [1.29, 1.82) is 0 Å². The Balaban J connectivity index is 3.32. The molecule has 0 spiro atoms. The van der Waals surface area contributed by atoms with Crippen molar-refractivity contribution in [3.63, 3.8) is 0 Å². The fraction of sp³-hybridized carbons (Fsp3) is 0.222. The molecule has 0 aliphatic heterocycles. The van der Waals surface area contributed by atoms with E-state index >= 15 is 0 Å². The van der Waals surface area contributed by atoms with E-state index in [1.54, 1.807) is 13.2 Å². The number of Topliss-reactive ketones (excluding diaryl/α,β-unsaturated/α-hetero) is 1. The number of ketones is 1. The minimum absolute atomic E-state index is 0.0103. The van der Waals surface area contributed by atoms with Crippen molar-refractivity contribution >= 4 is 53.6 Å². The molecular formula is C9H7Br3O2. The topological polar surface area (TPSA) is 26.3 Å². The third-order valence-electron chi connectivity index (χ3n) is 1.63. The first kappa shape index (κ1) is 12.2. The lowest BCUT2D eigenvalue weighted by Crippen LogP contribution is -2.03. The van der Waals surface area contributed by atoms with E-state index in [1.807, 2.05) is 6.07 Å². The number of rotatable bonds is 3. The summed E-state index contributed by atoms with van der Waals surface area (Å²) in [4.78, 5) is 11.5. The summed E-state index contributed by atoms with van der Waals surface area (Å²) >= 11 is 9.78. The first-order valence-electron chi connectivity index (χ1n) is 3.72. The molecule has 0 radical (unpaired) electrons. The number of carbonyl (C=O) groups is 1. The van der Waals surface area contributed by atoms with Crippen LogP contribution in [0.3, 0.4) is 0 Å². The van der Waals surface area contributed by atoms with Gasteiger partial charge in [0.2, 0.25) is 0 Å². The average Bonchev–Trinajstić information content (AvgIpc) is 2.15. The molecule has 0 aromatic heterocycles. The molecule has 1 rings (SSSR count). The van der Waals surface area contributed by atoms with E-state index in [1.165, 1.54) is 0 Å². The predicted octanol–water partition coefficient (Wildman–Crippen LogP) is 3.80. The number of carbonyl (C=O) groups excluding carboxylic acids is 1. The summed E-state index contributed by atoms with van der Waals surface area (Å²) in [7, 11) is 1.54. The largest absolute Gasteiger partial charge is 0.495 e. The maximum Gasteiger partial charge on any atom is 0.177 e. The maximum atomic E-state index is 11.5. The Labute approximate surface area is 107 Å². The molecule has 0 saturated heterocycles. The number of methoxy groups -OCH3 is 1. The summed E-state index contributed by atoms with van der Waals surface area (Å²) in [6.45, 7) is 0. The first-order chi connectivity index (χ1) is 6.60. The van der Waals surface area contributed by atoms with Crippen LogP contribution in [-0.4, -0.2) is 18.2 Å². The van der Waals surface area contributed by atoms with E-state index in [2.05, 4.69) is 47.8 Å². The quantitative estimate of drug-likeness (QED) is 0.583. The fourth-order valence-corrected chi connectivity index (χ4v) is 2.74. The highest BCUT2D eigenvalue weighted by Crippen LogP contribution is 2.33. The van der Waals surface area contributed by atoms with Crippen LogP contribution in [0.15, 0.2) is 21.1 Å². The Morgan fingerprint density at radius 1 is 1.43 bits per heavy atom. The van der Waals surface area contributed by atoms with Crippen LogP contribution in [0.4, 0.5) is 0 Å². The van der Waals surface area contributed by atoms with Crippen molar-refractivity contribution in [2.75, 3.05) is 12.4 Å². The van der Waals surface area contributed by atoms with Crippen molar-refractivity contribution in [3.05, 3.63) is 26.6 Å². The van der Waals surface area contributed by atoms with Crippen LogP contribution in [-0.2, 0) is 0 Å². The molecule has 0 aliphatic rings. The Kier molecular flexibility index (Phi) is 4.60. The van der Waals surface area contributed by atoms with Crippen molar-refractivity contribution in [3.8, 4) is 5.75 Å². The van der Waals surface area contributed by atoms with Gasteiger partial charge in [0.25, 0.3) is 0 Å². The molecule has 0 unspecified atom stereocenters. The Morgan fingerprint density at radius 3 is 2.57 bits per heavy atom. The molecule has 0 fully saturated rings. The van der Waals surface area contributed by atoms with Gasteiger partial charge in [0.15, 0.2) is 5.78 Å². The average molecular weight is 387 g/mol. The molecule has 5 heteroatoms. The number of halogens is 3. The standard InChI is InChI=1S/C9H7Br3O2/c1-14-9-6(8(13)4-10)2-5(11)3-7(9)12/h2-3H,4H2,1H3. The molecule has 1 aromatic rings. The summed E-state index contributed by atoms with van der Waals surface area (Å²) in [5, 5.41) is 0.284. The van der Waals surface area contributed by atoms with Gasteiger partial charge < -0.3 is 4.74 Å². The smallest absolute Gasteiger partial charge is 0.177 e. The lowest BCUT2D eigenvalue weighted by atomic mass is 10.1. The van der Waals surface area contributed by atoms with E-state index in [-0.39, 0.29) is 11.1 Å². The van der Waals surface area contributed by atoms with Crippen LogP contribution in [0.1, 0.15) is 10.4 Å². The van der Waals surface area contributed by atoms with E-state index in [9.17, 15) is 4.79 Å². The summed E-state index contributed by atoms with van der Waals surface area (Å²) in [6, 6.07) is 3.58. The van der Waals surface area contributed by atoms with Gasteiger partial charge >= 0.3 is 0 Å². The van der Waals surface area contributed by atoms with Crippen LogP contribution < -0.4 is 4.74 Å². The molecule has 0 N–H and O–H groups in total. The zero-order valence-corrected chi connectivity index (χ0v) is 12.1. The molecule has 0 atom stereocenters. The molecule has 14 heavy (non-hydrogen) atoms. The summed E-state index contributed by atoms with van der Waals surface area (Å²) in [6.07, 6.45) is 0. The van der Waals surface area contributed by atoms with Gasteiger partial charge in [-0.2, -0.15) is 0 Å². The number of hydrogen-bond acceptors (Lipinski definition) is 2. The van der Waals surface area contributed by atoms with E-state index in [4.69, 9.17) is 4.74 Å². The normalized spacial score (nSPS) is 10.0. The number of ether oxygens (including phenoxy) is 1. The van der Waals surface area contributed by atoms with Gasteiger partial charge in [-0.05, 0) is 28.1 Å². The highest BCUT2D eigenvalue weighted by atomic mass is 79.9. The van der Waals surface area contributed by atoms with Crippen LogP contribution in [0.2, 0.25) is 0 Å². The zero-order valence-electron chi connectivity index (χ0n) is 7.31. The fourth-order valence-electron chi connectivity index (χ4n) is 1.05. The number of benzene rings is 1. The van der Waals surface area contributed by atoms with E-state index in [0.29, 0.717) is 11.3 Å². The molecule has 0 saturated carbocycles. The second kappa shape index (κ2) is 5.28. The van der Waals surface area contributed by atoms with Gasteiger partial charge in [0, 0.05) is 4.47 Å². The Bertz CT molecular complexity index is 363. The van der Waals surface area contributed by atoms with Gasteiger partial charge in [-0.25, -0.2) is 0 Å². The van der Waals surface area contributed by atoms with Crippen molar-refractivity contribution in [2.24, 2.45) is 0 Å². The lowest BCUT2D eigenvalue weighted by molar-refractivity contribution is 0.102. The van der Waals surface area contributed by atoms with Crippen LogP contribution in [0, 0.1) is 0 Å². The zero-order chi connectivity index (χ0) is 10.7. The van der Waals surface area contributed by atoms with Crippen molar-refractivity contribution in [2.45, 2.75) is 0 Å². The molecule has 2 nitrogen and oxygen atoms in total. The Hall–Kier alpha value is 0.130. The SMILES string of the molecule is COc1c(Br)cc(Br)cc1C(=O)CBr. The molecule has 0 aliphatic carbocycles. The van der Waals surface area contributed by atoms with Crippen LogP contribution in [0.25, 0.3) is 0 Å². The van der Waals surface area contributed by atoms with Crippen LogP contribution in [0.5, 0.6) is 5.75 Å². The summed E-state index contributed by atoms with van der Waals surface area (Å²) in [5.41, 5.74) is 0.561. The van der Waals surface area contributed by atoms with Crippen LogP contribution >= 0.6 is 47.8 Å². The number of hydrogen-bond donors (Lipinski definition) is 0. The van der Waals surface area contributed by atoms with Gasteiger partial charge in [0.1, 0.15) is 5.75 Å². The van der Waals surface area contributed by atoms with E-state index in [0.717, 1.165) is 8.95 Å².